The molecule has 0 aliphatic heterocycles. The molecule has 0 unspecified atom stereocenters. The molecular formula is C10H7BrFN3. The molecule has 0 fully saturated rings. The van der Waals surface area contributed by atoms with Gasteiger partial charge in [0.2, 0.25) is 5.95 Å². The van der Waals surface area contributed by atoms with Crippen molar-refractivity contribution in [1.29, 1.82) is 0 Å². The fourth-order valence-corrected chi connectivity index (χ4v) is 1.41. The average Bonchev–Trinajstić information content (AvgIpc) is 2.23. The third-order valence-corrected chi connectivity index (χ3v) is 2.57. The summed E-state index contributed by atoms with van der Waals surface area (Å²) in [6, 6.07) is 4.84. The van der Waals surface area contributed by atoms with E-state index in [1.807, 2.05) is 0 Å². The van der Waals surface area contributed by atoms with Crippen LogP contribution >= 0.6 is 15.9 Å². The van der Waals surface area contributed by atoms with Crippen LogP contribution in [-0.2, 0) is 0 Å². The molecule has 0 spiro atoms. The van der Waals surface area contributed by atoms with E-state index in [2.05, 4.69) is 25.9 Å². The van der Waals surface area contributed by atoms with Crippen LogP contribution < -0.4 is 5.73 Å². The molecule has 15 heavy (non-hydrogen) atoms. The highest BCUT2D eigenvalue weighted by Crippen LogP contribution is 2.23. The Balaban J connectivity index is 2.45. The van der Waals surface area contributed by atoms with Crippen molar-refractivity contribution in [2.24, 2.45) is 0 Å². The maximum atomic E-state index is 13.2. The SMILES string of the molecule is Nc1ncc(-c2ccc(Br)c(F)c2)cn1. The van der Waals surface area contributed by atoms with Gasteiger partial charge in [-0.25, -0.2) is 14.4 Å². The van der Waals surface area contributed by atoms with Gasteiger partial charge in [-0.2, -0.15) is 0 Å². The van der Waals surface area contributed by atoms with Crippen LogP contribution in [0.1, 0.15) is 0 Å². The Morgan fingerprint density at radius 1 is 1.13 bits per heavy atom. The van der Waals surface area contributed by atoms with Gasteiger partial charge in [-0.3, -0.25) is 0 Å². The summed E-state index contributed by atoms with van der Waals surface area (Å²) in [7, 11) is 0. The molecule has 0 saturated carbocycles. The molecule has 0 saturated heterocycles. The van der Waals surface area contributed by atoms with E-state index in [1.54, 1.807) is 24.5 Å². The molecule has 0 atom stereocenters. The summed E-state index contributed by atoms with van der Waals surface area (Å²) in [6.45, 7) is 0. The highest BCUT2D eigenvalue weighted by Gasteiger charge is 2.03. The molecule has 2 aromatic rings. The largest absolute Gasteiger partial charge is 0.368 e. The van der Waals surface area contributed by atoms with Gasteiger partial charge in [0.05, 0.1) is 4.47 Å². The number of nitrogens with two attached hydrogens (primary N) is 1. The number of nitrogen functional groups attached to an aromatic ring is 1. The molecule has 5 heteroatoms. The van der Waals surface area contributed by atoms with Crippen LogP contribution in [0.15, 0.2) is 35.1 Å². The number of anilines is 1. The third kappa shape index (κ3) is 2.12. The molecule has 1 aromatic heterocycles. The summed E-state index contributed by atoms with van der Waals surface area (Å²) in [4.78, 5) is 7.68. The number of benzene rings is 1. The zero-order valence-corrected chi connectivity index (χ0v) is 9.20. The second kappa shape index (κ2) is 3.94. The minimum Gasteiger partial charge on any atom is -0.368 e. The van der Waals surface area contributed by atoms with Gasteiger partial charge in [-0.1, -0.05) is 6.07 Å². The van der Waals surface area contributed by atoms with Crippen molar-refractivity contribution in [1.82, 2.24) is 9.97 Å². The summed E-state index contributed by atoms with van der Waals surface area (Å²) in [5.41, 5.74) is 6.81. The Labute approximate surface area is 94.3 Å². The van der Waals surface area contributed by atoms with Crippen molar-refractivity contribution < 1.29 is 4.39 Å². The molecule has 1 aromatic carbocycles. The lowest BCUT2D eigenvalue weighted by molar-refractivity contribution is 0.621. The fourth-order valence-electron chi connectivity index (χ4n) is 1.16. The van der Waals surface area contributed by atoms with Gasteiger partial charge in [0.1, 0.15) is 5.82 Å². The lowest BCUT2D eigenvalue weighted by Gasteiger charge is -2.02. The predicted octanol–water partition coefficient (Wildman–Crippen LogP) is 2.63. The Morgan fingerprint density at radius 2 is 1.80 bits per heavy atom. The first-order valence-electron chi connectivity index (χ1n) is 4.20. The maximum absolute atomic E-state index is 13.2. The molecular weight excluding hydrogens is 261 g/mol. The van der Waals surface area contributed by atoms with Crippen molar-refractivity contribution in [3.05, 3.63) is 40.9 Å². The monoisotopic (exact) mass is 267 g/mol. The van der Waals surface area contributed by atoms with E-state index >= 15 is 0 Å². The molecule has 0 aliphatic rings. The van der Waals surface area contributed by atoms with E-state index in [0.717, 1.165) is 11.1 Å². The highest BCUT2D eigenvalue weighted by molar-refractivity contribution is 9.10. The summed E-state index contributed by atoms with van der Waals surface area (Å²) in [6.07, 6.45) is 3.12. The molecule has 0 bridgehead atoms. The summed E-state index contributed by atoms with van der Waals surface area (Å²) < 4.78 is 13.7. The topological polar surface area (TPSA) is 51.8 Å². The van der Waals surface area contributed by atoms with E-state index in [0.29, 0.717) is 4.47 Å². The lowest BCUT2D eigenvalue weighted by Crippen LogP contribution is -1.93. The number of nitrogens with zero attached hydrogens (tertiary/aromatic N) is 2. The van der Waals surface area contributed by atoms with Crippen LogP contribution in [0.4, 0.5) is 10.3 Å². The quantitative estimate of drug-likeness (QED) is 0.864. The van der Waals surface area contributed by atoms with Crippen LogP contribution in [-0.4, -0.2) is 9.97 Å². The average molecular weight is 268 g/mol. The van der Waals surface area contributed by atoms with Crippen molar-refractivity contribution in [2.75, 3.05) is 5.73 Å². The highest BCUT2D eigenvalue weighted by atomic mass is 79.9. The number of hydrogen-bond acceptors (Lipinski definition) is 3. The summed E-state index contributed by atoms with van der Waals surface area (Å²) >= 11 is 3.09. The number of hydrogen-bond donors (Lipinski definition) is 1. The first kappa shape index (κ1) is 10.0. The molecule has 0 amide bonds. The lowest BCUT2D eigenvalue weighted by atomic mass is 10.1. The van der Waals surface area contributed by atoms with Gasteiger partial charge in [0.15, 0.2) is 0 Å². The zero-order valence-electron chi connectivity index (χ0n) is 7.61. The minimum absolute atomic E-state index is 0.205. The molecule has 1 heterocycles. The van der Waals surface area contributed by atoms with Gasteiger partial charge >= 0.3 is 0 Å². The molecule has 2 N–H and O–H groups in total. The van der Waals surface area contributed by atoms with Gasteiger partial charge in [0.25, 0.3) is 0 Å². The standard InChI is InChI=1S/C10H7BrFN3/c11-8-2-1-6(3-9(8)12)7-4-14-10(13)15-5-7/h1-5H,(H2,13,14,15). The van der Waals surface area contributed by atoms with Crippen molar-refractivity contribution in [2.45, 2.75) is 0 Å². The van der Waals surface area contributed by atoms with Crippen LogP contribution in [0.2, 0.25) is 0 Å². The van der Waals surface area contributed by atoms with E-state index in [-0.39, 0.29) is 11.8 Å². The Bertz CT molecular complexity index is 485. The number of halogens is 2. The van der Waals surface area contributed by atoms with Crippen LogP contribution in [0, 0.1) is 5.82 Å². The Hall–Kier alpha value is -1.49. The molecule has 3 nitrogen and oxygen atoms in total. The van der Waals surface area contributed by atoms with E-state index in [9.17, 15) is 4.39 Å². The van der Waals surface area contributed by atoms with Gasteiger partial charge in [-0.05, 0) is 33.6 Å². The van der Waals surface area contributed by atoms with Gasteiger partial charge < -0.3 is 5.73 Å². The van der Waals surface area contributed by atoms with E-state index in [4.69, 9.17) is 5.73 Å². The summed E-state index contributed by atoms with van der Waals surface area (Å²) in [5, 5.41) is 0. The van der Waals surface area contributed by atoms with Crippen LogP contribution in [0.25, 0.3) is 11.1 Å². The second-order valence-corrected chi connectivity index (χ2v) is 3.81. The summed E-state index contributed by atoms with van der Waals surface area (Å²) in [5.74, 6) is -0.111. The Kier molecular flexibility index (Phi) is 2.64. The predicted molar refractivity (Wildman–Crippen MR) is 59.5 cm³/mol. The fraction of sp³-hybridized carbons (Fsp3) is 0. The van der Waals surface area contributed by atoms with Crippen molar-refractivity contribution >= 4 is 21.9 Å². The van der Waals surface area contributed by atoms with E-state index in [1.165, 1.54) is 6.07 Å². The zero-order chi connectivity index (χ0) is 10.8. The number of aromatic nitrogens is 2. The van der Waals surface area contributed by atoms with E-state index < -0.39 is 0 Å². The maximum Gasteiger partial charge on any atom is 0.219 e. The first-order chi connectivity index (χ1) is 7.16. The van der Waals surface area contributed by atoms with Gasteiger partial charge in [-0.15, -0.1) is 0 Å². The normalized spacial score (nSPS) is 10.3. The van der Waals surface area contributed by atoms with Crippen LogP contribution in [0.5, 0.6) is 0 Å². The molecule has 76 valence electrons. The number of rotatable bonds is 1. The molecule has 0 radical (unpaired) electrons. The molecule has 0 aliphatic carbocycles. The minimum atomic E-state index is -0.315. The smallest absolute Gasteiger partial charge is 0.219 e. The van der Waals surface area contributed by atoms with Crippen molar-refractivity contribution in [3.63, 3.8) is 0 Å². The third-order valence-electron chi connectivity index (χ3n) is 1.92. The van der Waals surface area contributed by atoms with Gasteiger partial charge in [0, 0.05) is 18.0 Å². The Morgan fingerprint density at radius 3 is 2.40 bits per heavy atom. The second-order valence-electron chi connectivity index (χ2n) is 2.96. The van der Waals surface area contributed by atoms with Crippen LogP contribution in [0.3, 0.4) is 0 Å². The molecule has 2 rings (SSSR count). The first-order valence-corrected chi connectivity index (χ1v) is 4.99. The van der Waals surface area contributed by atoms with Crippen molar-refractivity contribution in [3.8, 4) is 11.1 Å².